The van der Waals surface area contributed by atoms with Gasteiger partial charge in [-0.05, 0) is 0 Å². The molecule has 0 fully saturated rings. The number of halogens is 2. The summed E-state index contributed by atoms with van der Waals surface area (Å²) in [6.07, 6.45) is 7.91. The second-order valence-electron chi connectivity index (χ2n) is 4.87. The quantitative estimate of drug-likeness (QED) is 0.524. The number of rotatable bonds is 2. The van der Waals surface area contributed by atoms with Crippen molar-refractivity contribution in [2.24, 2.45) is 5.92 Å². The van der Waals surface area contributed by atoms with Crippen molar-refractivity contribution in [1.29, 1.82) is 0 Å². The van der Waals surface area contributed by atoms with Crippen molar-refractivity contribution in [2.45, 2.75) is 34.1 Å². The molecule has 18 heavy (non-hydrogen) atoms. The van der Waals surface area contributed by atoms with E-state index < -0.39 is 17.4 Å². The number of hydrogen-bond donors (Lipinski definition) is 0. The van der Waals surface area contributed by atoms with E-state index in [1.54, 1.807) is 18.9 Å². The molecule has 3 heteroatoms. The van der Waals surface area contributed by atoms with Gasteiger partial charge in [-0.3, -0.25) is 0 Å². The van der Waals surface area contributed by atoms with E-state index in [4.69, 9.17) is 0 Å². The van der Waals surface area contributed by atoms with Gasteiger partial charge in [-0.25, -0.2) is 0 Å². The Morgan fingerprint density at radius 1 is 1.17 bits per heavy atom. The second kappa shape index (κ2) is 7.05. The predicted octanol–water partition coefficient (Wildman–Crippen LogP) is -1.85. The van der Waals surface area contributed by atoms with Gasteiger partial charge >= 0.3 is 105 Å². The maximum absolute atomic E-state index is 4.55. The smallest absolute Gasteiger partial charge is 1.00 e. The van der Waals surface area contributed by atoms with Crippen molar-refractivity contribution in [3.8, 4) is 0 Å². The van der Waals surface area contributed by atoms with Gasteiger partial charge in [-0.2, -0.15) is 0 Å². The third-order valence-electron chi connectivity index (χ3n) is 4.12. The minimum atomic E-state index is -1.41. The first kappa shape index (κ1) is 18.1. The molecule has 0 aliphatic heterocycles. The van der Waals surface area contributed by atoms with E-state index in [1.807, 2.05) is 0 Å². The summed E-state index contributed by atoms with van der Waals surface area (Å²) in [5.41, 5.74) is 4.62. The Balaban J connectivity index is 0.00000144. The van der Waals surface area contributed by atoms with E-state index in [-0.39, 0.29) is 24.8 Å². The fraction of sp³-hybridized carbons (Fsp3) is 0.400. The zero-order chi connectivity index (χ0) is 11.9. The van der Waals surface area contributed by atoms with E-state index in [2.05, 4.69) is 50.7 Å². The summed E-state index contributed by atoms with van der Waals surface area (Å²) in [4.78, 5) is 4.55. The zero-order valence-corrected chi connectivity index (χ0v) is 14.6. The van der Waals surface area contributed by atoms with Crippen LogP contribution >= 0.6 is 0 Å². The SMILES string of the molecule is [CH2]=[Ti+2]([C]1=CC=CC1)[C]1=C(C)C(C)=C(C)C1C.[Cl-].[Cl-]. The topological polar surface area (TPSA) is 0 Å². The average Bonchev–Trinajstić information content (AvgIpc) is 2.84. The molecule has 0 heterocycles. The Morgan fingerprint density at radius 2 is 1.78 bits per heavy atom. The molecule has 0 spiro atoms. The van der Waals surface area contributed by atoms with Crippen LogP contribution in [0.4, 0.5) is 0 Å². The average molecular weight is 319 g/mol. The molecule has 0 aromatic heterocycles. The minimum Gasteiger partial charge on any atom is -1.00 e. The second-order valence-corrected chi connectivity index (χ2v) is 8.21. The molecule has 0 radical (unpaired) electrons. The largest absolute Gasteiger partial charge is 1.00 e. The number of hydrogen-bond acceptors (Lipinski definition) is 0. The van der Waals surface area contributed by atoms with Crippen LogP contribution in [0.3, 0.4) is 0 Å². The van der Waals surface area contributed by atoms with Gasteiger partial charge in [0.2, 0.25) is 0 Å². The Morgan fingerprint density at radius 3 is 2.17 bits per heavy atom. The molecule has 1 atom stereocenters. The molecule has 2 aliphatic carbocycles. The van der Waals surface area contributed by atoms with Crippen LogP contribution in [0.15, 0.2) is 42.7 Å². The summed E-state index contributed by atoms with van der Waals surface area (Å²) >= 11 is -1.41. The van der Waals surface area contributed by atoms with Crippen LogP contribution in [-0.2, 0) is 17.4 Å². The molecule has 0 aromatic rings. The van der Waals surface area contributed by atoms with Crippen LogP contribution in [0.25, 0.3) is 0 Å². The Labute approximate surface area is 129 Å². The van der Waals surface area contributed by atoms with Crippen molar-refractivity contribution in [2.75, 3.05) is 0 Å². The molecule has 0 N–H and O–H groups in total. The van der Waals surface area contributed by atoms with Gasteiger partial charge in [0.15, 0.2) is 0 Å². The standard InChI is InChI=1S/C9H13.C5H5.CH2.2ClH.Ti/c1-6-5-7(2)9(4)8(6)3;1-2-4-5-3-1;;;;/h6H,1-4H3;1-3H,4H2;1H2;2*1H;/q;;;;;+2/p-2. The molecule has 0 saturated heterocycles. The normalized spacial score (nSPS) is 21.3. The fourth-order valence-corrected chi connectivity index (χ4v) is 6.42. The third-order valence-corrected chi connectivity index (χ3v) is 8.19. The molecule has 1 unspecified atom stereocenters. The first-order valence-electron chi connectivity index (χ1n) is 5.98. The summed E-state index contributed by atoms with van der Waals surface area (Å²) in [7, 11) is 0. The molecule has 98 valence electrons. The van der Waals surface area contributed by atoms with Crippen molar-refractivity contribution in [1.82, 2.24) is 0 Å². The molecule has 2 aliphatic rings. The van der Waals surface area contributed by atoms with Crippen LogP contribution in [0.2, 0.25) is 0 Å². The van der Waals surface area contributed by atoms with Crippen molar-refractivity contribution < 1.29 is 42.2 Å². The molecule has 0 bridgehead atoms. The summed E-state index contributed by atoms with van der Waals surface area (Å²) < 4.78 is 3.33. The summed E-state index contributed by atoms with van der Waals surface area (Å²) in [5, 5.41) is 0. The molecule has 0 saturated carbocycles. The fourth-order valence-electron chi connectivity index (χ4n) is 2.70. The van der Waals surface area contributed by atoms with Gasteiger partial charge in [0.1, 0.15) is 0 Å². The van der Waals surface area contributed by atoms with Crippen molar-refractivity contribution >= 4 is 4.82 Å². The Hall–Kier alpha value is 0.124. The van der Waals surface area contributed by atoms with Gasteiger partial charge in [0.25, 0.3) is 0 Å². The van der Waals surface area contributed by atoms with Crippen LogP contribution in [-0.4, -0.2) is 4.82 Å². The van der Waals surface area contributed by atoms with E-state index >= 15 is 0 Å². The van der Waals surface area contributed by atoms with Crippen molar-refractivity contribution in [3.05, 3.63) is 42.7 Å². The van der Waals surface area contributed by atoms with E-state index in [0.29, 0.717) is 5.92 Å². The number of allylic oxidation sites excluding steroid dienone is 8. The van der Waals surface area contributed by atoms with Gasteiger partial charge in [-0.1, -0.05) is 0 Å². The van der Waals surface area contributed by atoms with Crippen LogP contribution in [0.1, 0.15) is 34.1 Å². The van der Waals surface area contributed by atoms with E-state index in [0.717, 1.165) is 6.42 Å². The molecule has 0 aromatic carbocycles. The molecular formula is C15H20Cl2Ti. The monoisotopic (exact) mass is 318 g/mol. The molecule has 0 nitrogen and oxygen atoms in total. The molecular weight excluding hydrogens is 299 g/mol. The Bertz CT molecular complexity index is 479. The van der Waals surface area contributed by atoms with E-state index in [9.17, 15) is 0 Å². The zero-order valence-electron chi connectivity index (χ0n) is 11.5. The summed E-state index contributed by atoms with van der Waals surface area (Å²) in [6.45, 7) is 9.19. The van der Waals surface area contributed by atoms with Crippen LogP contribution in [0, 0.1) is 5.92 Å². The first-order chi connectivity index (χ1) is 7.54. The van der Waals surface area contributed by atoms with Crippen LogP contribution < -0.4 is 24.8 Å². The van der Waals surface area contributed by atoms with Crippen molar-refractivity contribution in [3.63, 3.8) is 0 Å². The van der Waals surface area contributed by atoms with E-state index in [1.165, 1.54) is 5.57 Å². The first-order valence-corrected chi connectivity index (χ1v) is 8.64. The van der Waals surface area contributed by atoms with Gasteiger partial charge in [0, 0.05) is 0 Å². The Kier molecular flexibility index (Phi) is 7.10. The van der Waals surface area contributed by atoms with Crippen LogP contribution in [0.5, 0.6) is 0 Å². The third kappa shape index (κ3) is 2.99. The molecule has 0 amide bonds. The molecule has 2 rings (SSSR count). The summed E-state index contributed by atoms with van der Waals surface area (Å²) in [6, 6.07) is 0. The maximum Gasteiger partial charge on any atom is -1.00 e. The predicted molar refractivity (Wildman–Crippen MR) is 69.2 cm³/mol. The minimum absolute atomic E-state index is 0. The van der Waals surface area contributed by atoms with Gasteiger partial charge in [-0.15, -0.1) is 0 Å². The van der Waals surface area contributed by atoms with Gasteiger partial charge < -0.3 is 24.8 Å². The summed E-state index contributed by atoms with van der Waals surface area (Å²) in [5.74, 6) is 0.647. The van der Waals surface area contributed by atoms with Gasteiger partial charge in [0.05, 0.1) is 0 Å². The maximum atomic E-state index is 4.55.